The van der Waals surface area contributed by atoms with Crippen LogP contribution in [0, 0.1) is 5.41 Å². The normalized spacial score (nSPS) is 25.1. The number of carbonyl (C=O) groups is 1. The first-order valence-corrected chi connectivity index (χ1v) is 12.5. The molecule has 0 radical (unpaired) electrons. The van der Waals surface area contributed by atoms with Gasteiger partial charge < -0.3 is 15.5 Å². The molecule has 5 heterocycles. The van der Waals surface area contributed by atoms with E-state index in [2.05, 4.69) is 37.6 Å². The molecule has 1 aromatic carbocycles. The highest BCUT2D eigenvalue weighted by atomic mass is 32.1. The van der Waals surface area contributed by atoms with Crippen molar-refractivity contribution in [3.05, 3.63) is 41.7 Å². The van der Waals surface area contributed by atoms with Crippen LogP contribution in [0.15, 0.2) is 36.7 Å². The van der Waals surface area contributed by atoms with Gasteiger partial charge in [-0.2, -0.15) is 0 Å². The molecular weight excluding hydrogens is 420 g/mol. The van der Waals surface area contributed by atoms with E-state index in [1.807, 2.05) is 18.2 Å². The maximum absolute atomic E-state index is 13.6. The lowest BCUT2D eigenvalue weighted by Gasteiger charge is -2.33. The highest BCUT2D eigenvalue weighted by Crippen LogP contribution is 2.41. The van der Waals surface area contributed by atoms with Gasteiger partial charge in [-0.25, -0.2) is 15.0 Å². The Balaban J connectivity index is 1.26. The molecule has 1 unspecified atom stereocenters. The summed E-state index contributed by atoms with van der Waals surface area (Å²) < 4.78 is 0. The maximum Gasteiger partial charge on any atom is 0.240 e. The zero-order valence-electron chi connectivity index (χ0n) is 18.1. The lowest BCUT2D eigenvalue weighted by atomic mass is 9.77. The SMILES string of the molecule is O=C(C1CC2(CCNCC2)CN1)N1CCC[C@H]1c1nc2c(-c3ccccc3)ncnc2s1. The molecule has 8 heteroatoms. The van der Waals surface area contributed by atoms with Crippen LogP contribution in [0.1, 0.15) is 43.2 Å². The number of thiazole rings is 1. The van der Waals surface area contributed by atoms with Crippen LogP contribution in [-0.2, 0) is 4.79 Å². The highest BCUT2D eigenvalue weighted by molar-refractivity contribution is 7.18. The Morgan fingerprint density at radius 1 is 1.16 bits per heavy atom. The van der Waals surface area contributed by atoms with E-state index >= 15 is 0 Å². The van der Waals surface area contributed by atoms with Gasteiger partial charge in [-0.1, -0.05) is 41.7 Å². The van der Waals surface area contributed by atoms with Crippen molar-refractivity contribution >= 4 is 27.6 Å². The number of piperidine rings is 1. The number of likely N-dealkylation sites (tertiary alicyclic amines) is 1. The van der Waals surface area contributed by atoms with Crippen LogP contribution >= 0.6 is 11.3 Å². The molecule has 3 aliphatic rings. The first-order valence-electron chi connectivity index (χ1n) is 11.6. The van der Waals surface area contributed by atoms with Crippen molar-refractivity contribution in [2.24, 2.45) is 5.41 Å². The topological polar surface area (TPSA) is 83.0 Å². The monoisotopic (exact) mass is 448 g/mol. The van der Waals surface area contributed by atoms with Gasteiger partial charge in [-0.3, -0.25) is 4.79 Å². The van der Waals surface area contributed by atoms with Crippen LogP contribution in [0.4, 0.5) is 0 Å². The molecule has 1 spiro atoms. The molecule has 0 saturated carbocycles. The average Bonchev–Trinajstić information content (AvgIpc) is 3.58. The second-order valence-electron chi connectivity index (χ2n) is 9.37. The minimum Gasteiger partial charge on any atom is -0.332 e. The fourth-order valence-electron chi connectivity index (χ4n) is 5.64. The van der Waals surface area contributed by atoms with Crippen molar-refractivity contribution in [1.82, 2.24) is 30.5 Å². The summed E-state index contributed by atoms with van der Waals surface area (Å²) in [7, 11) is 0. The first-order chi connectivity index (χ1) is 15.7. The van der Waals surface area contributed by atoms with Gasteiger partial charge in [0.15, 0.2) is 0 Å². The summed E-state index contributed by atoms with van der Waals surface area (Å²) in [4.78, 5) is 30.5. The third-order valence-electron chi connectivity index (χ3n) is 7.40. The molecule has 32 heavy (non-hydrogen) atoms. The standard InChI is InChI=1S/C24H28N6OS/c31-23(17-13-24(14-26-17)8-10-25-11-9-24)30-12-4-7-18(30)21-29-20-19(16-5-2-1-3-6-16)27-15-28-22(20)32-21/h1-3,5-6,15,17-18,25-26H,4,7-14H2/t17?,18-/m0/s1. The number of nitrogens with zero attached hydrogens (tertiary/aromatic N) is 4. The molecule has 3 saturated heterocycles. The molecule has 6 rings (SSSR count). The smallest absolute Gasteiger partial charge is 0.240 e. The molecule has 3 fully saturated rings. The van der Waals surface area contributed by atoms with Gasteiger partial charge in [0, 0.05) is 18.7 Å². The zero-order valence-corrected chi connectivity index (χ0v) is 18.9. The number of fused-ring (bicyclic) bond motifs is 1. The summed E-state index contributed by atoms with van der Waals surface area (Å²) in [6.45, 7) is 3.89. The van der Waals surface area contributed by atoms with Crippen LogP contribution in [-0.4, -0.2) is 58.0 Å². The van der Waals surface area contributed by atoms with E-state index in [-0.39, 0.29) is 23.4 Å². The predicted octanol–water partition coefficient (Wildman–Crippen LogP) is 3.15. The molecule has 2 aromatic heterocycles. The number of hydrogen-bond acceptors (Lipinski definition) is 7. The molecule has 3 aromatic rings. The van der Waals surface area contributed by atoms with Crippen LogP contribution < -0.4 is 10.6 Å². The highest BCUT2D eigenvalue weighted by Gasteiger charge is 2.45. The number of amides is 1. The Morgan fingerprint density at radius 3 is 2.84 bits per heavy atom. The fourth-order valence-corrected chi connectivity index (χ4v) is 6.69. The second-order valence-corrected chi connectivity index (χ2v) is 10.4. The molecule has 1 amide bonds. The zero-order chi connectivity index (χ0) is 21.5. The van der Waals surface area contributed by atoms with E-state index in [1.54, 1.807) is 17.7 Å². The van der Waals surface area contributed by atoms with Gasteiger partial charge in [0.25, 0.3) is 0 Å². The summed E-state index contributed by atoms with van der Waals surface area (Å²) in [5.41, 5.74) is 3.03. The Kier molecular flexibility index (Phi) is 5.16. The number of nitrogens with one attached hydrogen (secondary N) is 2. The van der Waals surface area contributed by atoms with E-state index in [0.717, 1.165) is 84.9 Å². The van der Waals surface area contributed by atoms with Crippen molar-refractivity contribution in [2.75, 3.05) is 26.2 Å². The Morgan fingerprint density at radius 2 is 2.00 bits per heavy atom. The van der Waals surface area contributed by atoms with Crippen LogP contribution in [0.5, 0.6) is 0 Å². The molecule has 7 nitrogen and oxygen atoms in total. The number of carbonyl (C=O) groups excluding carboxylic acids is 1. The fraction of sp³-hybridized carbons (Fsp3) is 0.500. The van der Waals surface area contributed by atoms with Crippen molar-refractivity contribution in [3.8, 4) is 11.3 Å². The molecule has 2 N–H and O–H groups in total. The van der Waals surface area contributed by atoms with Gasteiger partial charge in [-0.05, 0) is 50.6 Å². The minimum absolute atomic E-state index is 0.0386. The Hall–Kier alpha value is -2.42. The van der Waals surface area contributed by atoms with Crippen molar-refractivity contribution in [2.45, 2.75) is 44.2 Å². The van der Waals surface area contributed by atoms with Gasteiger partial charge >= 0.3 is 0 Å². The maximum atomic E-state index is 13.6. The van der Waals surface area contributed by atoms with Crippen LogP contribution in [0.3, 0.4) is 0 Å². The molecule has 0 aliphatic carbocycles. The largest absolute Gasteiger partial charge is 0.332 e. The Labute approximate surface area is 191 Å². The van der Waals surface area contributed by atoms with E-state index in [1.165, 1.54) is 0 Å². The summed E-state index contributed by atoms with van der Waals surface area (Å²) in [6, 6.07) is 10.1. The lowest BCUT2D eigenvalue weighted by Crippen LogP contribution is -2.43. The van der Waals surface area contributed by atoms with E-state index in [4.69, 9.17) is 4.98 Å². The molecular formula is C24H28N6OS. The lowest BCUT2D eigenvalue weighted by molar-refractivity contribution is -0.134. The third kappa shape index (κ3) is 3.50. The van der Waals surface area contributed by atoms with Gasteiger partial charge in [0.2, 0.25) is 5.91 Å². The molecule has 166 valence electrons. The van der Waals surface area contributed by atoms with Crippen molar-refractivity contribution in [3.63, 3.8) is 0 Å². The Bertz CT molecular complexity index is 1130. The average molecular weight is 449 g/mol. The number of aromatic nitrogens is 3. The van der Waals surface area contributed by atoms with E-state index < -0.39 is 0 Å². The number of rotatable bonds is 3. The summed E-state index contributed by atoms with van der Waals surface area (Å²) in [6.07, 6.45) is 6.87. The van der Waals surface area contributed by atoms with Gasteiger partial charge in [-0.15, -0.1) is 0 Å². The number of benzene rings is 1. The third-order valence-corrected chi connectivity index (χ3v) is 8.47. The predicted molar refractivity (Wildman–Crippen MR) is 125 cm³/mol. The first kappa shape index (κ1) is 20.2. The number of hydrogen-bond donors (Lipinski definition) is 2. The summed E-state index contributed by atoms with van der Waals surface area (Å²) >= 11 is 1.60. The molecule has 2 atom stereocenters. The van der Waals surface area contributed by atoms with Crippen molar-refractivity contribution < 1.29 is 4.79 Å². The van der Waals surface area contributed by atoms with E-state index in [9.17, 15) is 4.79 Å². The van der Waals surface area contributed by atoms with Crippen molar-refractivity contribution in [1.29, 1.82) is 0 Å². The molecule has 3 aliphatic heterocycles. The van der Waals surface area contributed by atoms with Crippen LogP contribution in [0.25, 0.3) is 21.6 Å². The van der Waals surface area contributed by atoms with Gasteiger partial charge in [0.1, 0.15) is 27.4 Å². The quantitative estimate of drug-likeness (QED) is 0.641. The minimum atomic E-state index is -0.0669. The van der Waals surface area contributed by atoms with Gasteiger partial charge in [0.05, 0.1) is 12.1 Å². The summed E-state index contributed by atoms with van der Waals surface area (Å²) in [5.74, 6) is 0.247. The molecule has 0 bridgehead atoms. The summed E-state index contributed by atoms with van der Waals surface area (Å²) in [5, 5.41) is 8.00. The van der Waals surface area contributed by atoms with Crippen LogP contribution in [0.2, 0.25) is 0 Å². The van der Waals surface area contributed by atoms with E-state index in [0.29, 0.717) is 0 Å². The second kappa shape index (κ2) is 8.17.